The Morgan fingerprint density at radius 2 is 2.11 bits per heavy atom. The van der Waals surface area contributed by atoms with Gasteiger partial charge in [0.15, 0.2) is 0 Å². The molecule has 0 bridgehead atoms. The van der Waals surface area contributed by atoms with E-state index < -0.39 is 11.4 Å². The first-order chi connectivity index (χ1) is 9.05. The maximum Gasteiger partial charge on any atom is 0.311 e. The molecule has 1 heterocycles. The molecular formula is C13H15ClN2O3. The normalized spacial score (nSPS) is 17.1. The zero-order chi connectivity index (χ0) is 13.9. The van der Waals surface area contributed by atoms with E-state index in [2.05, 4.69) is 10.3 Å². The van der Waals surface area contributed by atoms with Gasteiger partial charge in [-0.15, -0.1) is 0 Å². The molecule has 2 N–H and O–H groups in total. The molecule has 1 fully saturated rings. The van der Waals surface area contributed by atoms with Crippen LogP contribution in [-0.4, -0.2) is 28.5 Å². The van der Waals surface area contributed by atoms with Crippen molar-refractivity contribution in [2.45, 2.75) is 25.7 Å². The molecule has 1 aromatic rings. The summed E-state index contributed by atoms with van der Waals surface area (Å²) in [6, 6.07) is 1.51. The maximum absolute atomic E-state index is 12.0. The van der Waals surface area contributed by atoms with Crippen LogP contribution in [0.25, 0.3) is 0 Å². The fraction of sp³-hybridized carbons (Fsp3) is 0.462. The number of aromatic nitrogens is 1. The lowest BCUT2D eigenvalue weighted by molar-refractivity contribution is -0.148. The second-order valence-electron chi connectivity index (χ2n) is 4.83. The highest BCUT2D eigenvalue weighted by molar-refractivity contribution is 6.33. The summed E-state index contributed by atoms with van der Waals surface area (Å²) in [6.07, 6.45) is 5.85. The molecule has 5 nitrogen and oxygen atoms in total. The Bertz CT molecular complexity index is 498. The van der Waals surface area contributed by atoms with Gasteiger partial charge in [0, 0.05) is 18.9 Å². The van der Waals surface area contributed by atoms with Crippen LogP contribution < -0.4 is 5.32 Å². The molecule has 1 amide bonds. The molecule has 0 aromatic carbocycles. The lowest BCUT2D eigenvalue weighted by Crippen LogP contribution is -2.41. The smallest absolute Gasteiger partial charge is 0.311 e. The molecule has 1 saturated carbocycles. The summed E-state index contributed by atoms with van der Waals surface area (Å²) in [6.45, 7) is 0.139. The van der Waals surface area contributed by atoms with Crippen molar-refractivity contribution in [2.24, 2.45) is 5.41 Å². The lowest BCUT2D eigenvalue weighted by atomic mass is 9.86. The maximum atomic E-state index is 12.0. The van der Waals surface area contributed by atoms with Gasteiger partial charge in [0.05, 0.1) is 16.0 Å². The van der Waals surface area contributed by atoms with E-state index >= 15 is 0 Å². The molecule has 0 unspecified atom stereocenters. The average molecular weight is 283 g/mol. The predicted molar refractivity (Wildman–Crippen MR) is 70.1 cm³/mol. The van der Waals surface area contributed by atoms with Crippen molar-refractivity contribution in [3.63, 3.8) is 0 Å². The van der Waals surface area contributed by atoms with E-state index in [0.29, 0.717) is 18.4 Å². The van der Waals surface area contributed by atoms with Crippen LogP contribution in [0.2, 0.25) is 5.02 Å². The molecular weight excluding hydrogens is 268 g/mol. The highest BCUT2D eigenvalue weighted by atomic mass is 35.5. The average Bonchev–Trinajstić information content (AvgIpc) is 2.86. The van der Waals surface area contributed by atoms with Gasteiger partial charge in [0.1, 0.15) is 0 Å². The molecule has 0 atom stereocenters. The van der Waals surface area contributed by atoms with Gasteiger partial charge in [-0.05, 0) is 18.9 Å². The van der Waals surface area contributed by atoms with Crippen molar-refractivity contribution >= 4 is 23.5 Å². The van der Waals surface area contributed by atoms with Gasteiger partial charge in [-0.2, -0.15) is 0 Å². The van der Waals surface area contributed by atoms with Gasteiger partial charge in [0.2, 0.25) is 0 Å². The summed E-state index contributed by atoms with van der Waals surface area (Å²) in [5.74, 6) is -1.20. The highest BCUT2D eigenvalue weighted by Crippen LogP contribution is 2.37. The number of carbonyl (C=O) groups excluding carboxylic acids is 1. The first kappa shape index (κ1) is 13.8. The van der Waals surface area contributed by atoms with E-state index in [1.54, 1.807) is 0 Å². The van der Waals surface area contributed by atoms with Crippen molar-refractivity contribution in [1.82, 2.24) is 10.3 Å². The van der Waals surface area contributed by atoms with Gasteiger partial charge in [-0.25, -0.2) is 0 Å². The molecule has 19 heavy (non-hydrogen) atoms. The van der Waals surface area contributed by atoms with E-state index in [-0.39, 0.29) is 17.5 Å². The van der Waals surface area contributed by atoms with E-state index in [9.17, 15) is 14.7 Å². The summed E-state index contributed by atoms with van der Waals surface area (Å²) in [4.78, 5) is 27.1. The minimum Gasteiger partial charge on any atom is -0.481 e. The number of aliphatic carboxylic acids is 1. The van der Waals surface area contributed by atoms with Crippen LogP contribution in [0.1, 0.15) is 36.0 Å². The van der Waals surface area contributed by atoms with E-state index in [0.717, 1.165) is 12.8 Å². The third-order valence-corrected chi connectivity index (χ3v) is 3.92. The Hall–Kier alpha value is -1.62. The van der Waals surface area contributed by atoms with Crippen molar-refractivity contribution in [2.75, 3.05) is 6.54 Å². The Labute approximate surface area is 116 Å². The topological polar surface area (TPSA) is 79.3 Å². The second kappa shape index (κ2) is 5.57. The fourth-order valence-electron chi connectivity index (χ4n) is 2.42. The van der Waals surface area contributed by atoms with Crippen molar-refractivity contribution in [1.29, 1.82) is 0 Å². The molecule has 0 spiro atoms. The van der Waals surface area contributed by atoms with Crippen LogP contribution in [-0.2, 0) is 4.79 Å². The van der Waals surface area contributed by atoms with E-state index in [1.165, 1.54) is 18.5 Å². The minimum absolute atomic E-state index is 0.139. The third-order valence-electron chi connectivity index (χ3n) is 3.62. The van der Waals surface area contributed by atoms with Crippen molar-refractivity contribution < 1.29 is 14.7 Å². The number of amides is 1. The first-order valence-corrected chi connectivity index (χ1v) is 6.54. The Morgan fingerprint density at radius 1 is 1.42 bits per heavy atom. The summed E-state index contributed by atoms with van der Waals surface area (Å²) >= 11 is 5.87. The van der Waals surface area contributed by atoms with Gasteiger partial charge < -0.3 is 10.4 Å². The number of nitrogens with zero attached hydrogens (tertiary/aromatic N) is 1. The molecule has 2 rings (SSSR count). The quantitative estimate of drug-likeness (QED) is 0.886. The predicted octanol–water partition coefficient (Wildman–Crippen LogP) is 2.11. The number of hydrogen-bond donors (Lipinski definition) is 2. The zero-order valence-electron chi connectivity index (χ0n) is 10.4. The SMILES string of the molecule is O=C(NCC1(C(=O)O)CCCC1)c1ccncc1Cl. The van der Waals surface area contributed by atoms with E-state index in [4.69, 9.17) is 11.6 Å². The first-order valence-electron chi connectivity index (χ1n) is 6.16. The Morgan fingerprint density at radius 3 is 2.68 bits per heavy atom. The van der Waals surface area contributed by atoms with Crippen LogP contribution in [0.5, 0.6) is 0 Å². The second-order valence-corrected chi connectivity index (χ2v) is 5.24. The lowest BCUT2D eigenvalue weighted by Gasteiger charge is -2.24. The zero-order valence-corrected chi connectivity index (χ0v) is 11.1. The molecule has 1 aliphatic carbocycles. The molecule has 0 saturated heterocycles. The van der Waals surface area contributed by atoms with Gasteiger partial charge in [-0.1, -0.05) is 24.4 Å². The summed E-state index contributed by atoms with van der Waals surface area (Å²) in [5.41, 5.74) is -0.509. The Balaban J connectivity index is 2.04. The number of pyridine rings is 1. The number of hydrogen-bond acceptors (Lipinski definition) is 3. The number of nitrogens with one attached hydrogen (secondary N) is 1. The third kappa shape index (κ3) is 2.87. The molecule has 0 radical (unpaired) electrons. The summed E-state index contributed by atoms with van der Waals surface area (Å²) in [7, 11) is 0. The summed E-state index contributed by atoms with van der Waals surface area (Å²) < 4.78 is 0. The number of carboxylic acid groups (broad SMARTS) is 1. The molecule has 1 aromatic heterocycles. The number of carbonyl (C=O) groups is 2. The molecule has 102 valence electrons. The van der Waals surface area contributed by atoms with Crippen LogP contribution in [0, 0.1) is 5.41 Å². The number of rotatable bonds is 4. The minimum atomic E-state index is -0.842. The molecule has 0 aliphatic heterocycles. The summed E-state index contributed by atoms with van der Waals surface area (Å²) in [5, 5.41) is 12.2. The number of halogens is 1. The van der Waals surface area contributed by atoms with Crippen LogP contribution >= 0.6 is 11.6 Å². The molecule has 6 heteroatoms. The van der Waals surface area contributed by atoms with Gasteiger partial charge in [-0.3, -0.25) is 14.6 Å². The van der Waals surface area contributed by atoms with Crippen LogP contribution in [0.3, 0.4) is 0 Å². The van der Waals surface area contributed by atoms with Gasteiger partial charge in [0.25, 0.3) is 5.91 Å². The van der Waals surface area contributed by atoms with E-state index in [1.807, 2.05) is 0 Å². The number of carboxylic acids is 1. The van der Waals surface area contributed by atoms with Crippen molar-refractivity contribution in [3.05, 3.63) is 29.0 Å². The highest BCUT2D eigenvalue weighted by Gasteiger charge is 2.41. The Kier molecular flexibility index (Phi) is 4.04. The van der Waals surface area contributed by atoms with Crippen LogP contribution in [0.4, 0.5) is 0 Å². The van der Waals surface area contributed by atoms with Crippen LogP contribution in [0.15, 0.2) is 18.5 Å². The monoisotopic (exact) mass is 282 g/mol. The largest absolute Gasteiger partial charge is 0.481 e. The standard InChI is InChI=1S/C13H15ClN2O3/c14-10-7-15-6-3-9(10)11(17)16-8-13(12(18)19)4-1-2-5-13/h3,6-7H,1-2,4-5,8H2,(H,16,17)(H,18,19). The van der Waals surface area contributed by atoms with Gasteiger partial charge >= 0.3 is 5.97 Å². The fourth-order valence-corrected chi connectivity index (χ4v) is 2.63. The molecule has 1 aliphatic rings. The van der Waals surface area contributed by atoms with Crippen molar-refractivity contribution in [3.8, 4) is 0 Å².